The zero-order valence-corrected chi connectivity index (χ0v) is 20.0. The zero-order valence-electron chi connectivity index (χ0n) is 20.0. The van der Waals surface area contributed by atoms with Gasteiger partial charge in [-0.2, -0.15) is 26.3 Å². The third-order valence-electron chi connectivity index (χ3n) is 7.63. The summed E-state index contributed by atoms with van der Waals surface area (Å²) in [7, 11) is 0.843. The van der Waals surface area contributed by atoms with Crippen LogP contribution in [0, 0.1) is 5.41 Å². The second-order valence-corrected chi connectivity index (χ2v) is 9.56. The van der Waals surface area contributed by atoms with Crippen LogP contribution in [0.2, 0.25) is 0 Å². The van der Waals surface area contributed by atoms with Gasteiger partial charge in [-0.25, -0.2) is 0 Å². The molecule has 2 fully saturated rings. The van der Waals surface area contributed by atoms with E-state index in [9.17, 15) is 35.9 Å². The van der Waals surface area contributed by atoms with Crippen LogP contribution < -0.4 is 5.32 Å². The van der Waals surface area contributed by atoms with Gasteiger partial charge < -0.3 is 15.0 Å². The normalized spacial score (nSPS) is 21.9. The second kappa shape index (κ2) is 9.66. The Labute approximate surface area is 209 Å². The lowest BCUT2D eigenvalue weighted by atomic mass is 9.62. The number of halogens is 6. The van der Waals surface area contributed by atoms with Gasteiger partial charge in [0.2, 0.25) is 5.91 Å². The molecule has 0 saturated carbocycles. The molecule has 5 nitrogen and oxygen atoms in total. The first-order valence-corrected chi connectivity index (χ1v) is 11.7. The maximum absolute atomic E-state index is 14.4. The summed E-state index contributed by atoms with van der Waals surface area (Å²) in [6.07, 6.45) is -9.04. The van der Waals surface area contributed by atoms with Gasteiger partial charge in [0.05, 0.1) is 5.56 Å². The molecule has 0 bridgehead atoms. The topological polar surface area (TPSA) is 58.6 Å². The van der Waals surface area contributed by atoms with Gasteiger partial charge in [0.1, 0.15) is 0 Å². The van der Waals surface area contributed by atoms with Gasteiger partial charge in [-0.05, 0) is 36.0 Å². The number of carbonyl (C=O) groups excluding carboxylic acids is 2. The van der Waals surface area contributed by atoms with Crippen molar-refractivity contribution in [3.05, 3.63) is 71.3 Å². The number of likely N-dealkylation sites (tertiary alicyclic amines) is 1. The molecule has 1 N–H and O–H groups in total. The molecule has 2 saturated heterocycles. The summed E-state index contributed by atoms with van der Waals surface area (Å²) >= 11 is 0. The number of carbonyl (C=O) groups is 2. The highest BCUT2D eigenvalue weighted by atomic mass is 19.4. The fourth-order valence-electron chi connectivity index (χ4n) is 5.62. The van der Waals surface area contributed by atoms with Crippen molar-refractivity contribution in [1.29, 1.82) is 0 Å². The Hall–Kier alpha value is -3.08. The summed E-state index contributed by atoms with van der Waals surface area (Å²) in [5, 5.41) is 2.75. The number of rotatable bonds is 4. The zero-order chi connectivity index (χ0) is 27.1. The molecule has 2 aliphatic rings. The summed E-state index contributed by atoms with van der Waals surface area (Å²) in [6, 6.07) is 11.4. The SMILES string of the molecule is CO[C@@](C(=O)N1CCC2(CC1)CC(=O)NC[C@H]2c1ccc(C(F)(F)F)cc1)(c1ccccc1)C(F)(F)F. The third-order valence-corrected chi connectivity index (χ3v) is 7.63. The lowest BCUT2D eigenvalue weighted by molar-refractivity contribution is -0.271. The molecule has 2 aliphatic heterocycles. The highest BCUT2D eigenvalue weighted by Gasteiger charge is 2.64. The Balaban J connectivity index is 1.60. The van der Waals surface area contributed by atoms with E-state index in [2.05, 4.69) is 5.32 Å². The largest absolute Gasteiger partial charge is 0.430 e. The maximum Gasteiger partial charge on any atom is 0.430 e. The van der Waals surface area contributed by atoms with Gasteiger partial charge in [-0.1, -0.05) is 42.5 Å². The van der Waals surface area contributed by atoms with Gasteiger partial charge in [0.15, 0.2) is 0 Å². The number of alkyl halides is 6. The monoisotopic (exact) mass is 528 g/mol. The van der Waals surface area contributed by atoms with Gasteiger partial charge >= 0.3 is 12.4 Å². The summed E-state index contributed by atoms with van der Waals surface area (Å²) in [6.45, 7) is 0.0707. The van der Waals surface area contributed by atoms with Crippen LogP contribution in [0.15, 0.2) is 54.6 Å². The molecular weight excluding hydrogens is 502 g/mol. The van der Waals surface area contributed by atoms with Crippen molar-refractivity contribution in [1.82, 2.24) is 10.2 Å². The van der Waals surface area contributed by atoms with Gasteiger partial charge in [-0.15, -0.1) is 0 Å². The van der Waals surface area contributed by atoms with E-state index in [1.165, 1.54) is 42.5 Å². The van der Waals surface area contributed by atoms with Crippen molar-refractivity contribution >= 4 is 11.8 Å². The van der Waals surface area contributed by atoms with E-state index in [0.717, 1.165) is 24.1 Å². The number of benzene rings is 2. The molecule has 2 aromatic carbocycles. The van der Waals surface area contributed by atoms with Crippen molar-refractivity contribution < 1.29 is 40.7 Å². The van der Waals surface area contributed by atoms with Crippen molar-refractivity contribution in [2.24, 2.45) is 5.41 Å². The molecule has 1 spiro atoms. The van der Waals surface area contributed by atoms with Crippen LogP contribution >= 0.6 is 0 Å². The Morgan fingerprint density at radius 2 is 1.54 bits per heavy atom. The summed E-state index contributed by atoms with van der Waals surface area (Å²) < 4.78 is 87.1. The molecule has 0 aliphatic carbocycles. The van der Waals surface area contributed by atoms with Crippen LogP contribution in [0.3, 0.4) is 0 Å². The summed E-state index contributed by atoms with van der Waals surface area (Å²) in [5.41, 5.74) is -4.43. The molecule has 2 amide bonds. The summed E-state index contributed by atoms with van der Waals surface area (Å²) in [4.78, 5) is 26.8. The lowest BCUT2D eigenvalue weighted by Gasteiger charge is -2.50. The molecule has 37 heavy (non-hydrogen) atoms. The average Bonchev–Trinajstić information content (AvgIpc) is 2.85. The van der Waals surface area contributed by atoms with Crippen molar-refractivity contribution in [2.75, 3.05) is 26.7 Å². The highest BCUT2D eigenvalue weighted by molar-refractivity contribution is 5.88. The number of ether oxygens (including phenoxy) is 1. The molecule has 0 unspecified atom stereocenters. The molecule has 2 heterocycles. The third kappa shape index (κ3) is 4.81. The minimum absolute atomic E-state index is 0.0583. The second-order valence-electron chi connectivity index (χ2n) is 9.56. The molecule has 11 heteroatoms. The van der Waals surface area contributed by atoms with Crippen LogP contribution in [0.5, 0.6) is 0 Å². The fourth-order valence-corrected chi connectivity index (χ4v) is 5.62. The van der Waals surface area contributed by atoms with E-state index >= 15 is 0 Å². The van der Waals surface area contributed by atoms with Crippen LogP contribution in [0.4, 0.5) is 26.3 Å². The molecule has 2 aromatic rings. The van der Waals surface area contributed by atoms with Crippen LogP contribution in [-0.2, 0) is 26.1 Å². The number of hydrogen-bond donors (Lipinski definition) is 1. The number of nitrogens with zero attached hydrogens (tertiary/aromatic N) is 1. The Kier molecular flexibility index (Phi) is 7.04. The smallest absolute Gasteiger partial charge is 0.356 e. The maximum atomic E-state index is 14.4. The van der Waals surface area contributed by atoms with Crippen LogP contribution in [0.25, 0.3) is 0 Å². The molecule has 2 atom stereocenters. The summed E-state index contributed by atoms with van der Waals surface area (Å²) in [5.74, 6) is -1.84. The highest BCUT2D eigenvalue weighted by Crippen LogP contribution is 2.50. The Morgan fingerprint density at radius 3 is 2.05 bits per heavy atom. The Morgan fingerprint density at radius 1 is 0.946 bits per heavy atom. The number of nitrogens with one attached hydrogen (secondary N) is 1. The molecule has 0 radical (unpaired) electrons. The first-order chi connectivity index (χ1) is 17.3. The molecule has 4 rings (SSSR count). The quantitative estimate of drug-likeness (QED) is 0.567. The van der Waals surface area contributed by atoms with E-state index in [1.807, 2.05) is 0 Å². The van der Waals surface area contributed by atoms with Crippen molar-refractivity contribution in [3.8, 4) is 0 Å². The predicted molar refractivity (Wildman–Crippen MR) is 121 cm³/mol. The Bertz CT molecular complexity index is 1130. The minimum Gasteiger partial charge on any atom is -0.356 e. The average molecular weight is 528 g/mol. The van der Waals surface area contributed by atoms with E-state index < -0.39 is 34.8 Å². The van der Waals surface area contributed by atoms with Crippen molar-refractivity contribution in [3.63, 3.8) is 0 Å². The molecule has 200 valence electrons. The fraction of sp³-hybridized carbons (Fsp3) is 0.462. The van der Waals surface area contributed by atoms with Gasteiger partial charge in [0.25, 0.3) is 11.5 Å². The number of amides is 2. The van der Waals surface area contributed by atoms with E-state index in [0.29, 0.717) is 5.56 Å². The predicted octanol–water partition coefficient (Wildman–Crippen LogP) is 5.02. The standard InChI is InChI=1S/C26H26F6N2O3/c1-37-24(26(30,31)32,18-5-3-2-4-6-18)22(36)34-13-11-23(12-14-34)15-21(35)33-16-20(23)17-7-9-19(10-8-17)25(27,28)29/h2-10,20H,11-16H2,1H3,(H,33,35)/t20-,24+/m0/s1. The molecular formula is C26H26F6N2O3. The van der Waals surface area contributed by atoms with Crippen LogP contribution in [-0.4, -0.2) is 49.6 Å². The first-order valence-electron chi connectivity index (χ1n) is 11.7. The van der Waals surface area contributed by atoms with Crippen molar-refractivity contribution in [2.45, 2.75) is 43.1 Å². The molecule has 0 aromatic heterocycles. The van der Waals surface area contributed by atoms with Gasteiger partial charge in [0, 0.05) is 44.6 Å². The van der Waals surface area contributed by atoms with E-state index in [4.69, 9.17) is 4.74 Å². The minimum atomic E-state index is -5.04. The first kappa shape index (κ1) is 27.0. The van der Waals surface area contributed by atoms with E-state index in [-0.39, 0.29) is 56.3 Å². The lowest BCUT2D eigenvalue weighted by Crippen LogP contribution is -2.60. The van der Waals surface area contributed by atoms with Gasteiger partial charge in [-0.3, -0.25) is 9.59 Å². The van der Waals surface area contributed by atoms with E-state index in [1.54, 1.807) is 0 Å². The number of hydrogen-bond acceptors (Lipinski definition) is 3. The number of piperidine rings is 2. The number of methoxy groups -OCH3 is 1. The van der Waals surface area contributed by atoms with Crippen LogP contribution in [0.1, 0.15) is 41.9 Å².